The summed E-state index contributed by atoms with van der Waals surface area (Å²) < 4.78 is 0. The van der Waals surface area contributed by atoms with Gasteiger partial charge in [-0.1, -0.05) is 17.9 Å². The van der Waals surface area contributed by atoms with E-state index in [-0.39, 0.29) is 10.6 Å². The SMILES string of the molecule is Cc1cc(C)c(C#CCCS)c([N+](=O)[O-])c1. The van der Waals surface area contributed by atoms with Gasteiger partial charge in [0.2, 0.25) is 0 Å². The largest absolute Gasteiger partial charge is 0.285 e. The Morgan fingerprint density at radius 2 is 2.12 bits per heavy atom. The van der Waals surface area contributed by atoms with Crippen molar-refractivity contribution in [3.05, 3.63) is 38.9 Å². The van der Waals surface area contributed by atoms with E-state index in [4.69, 9.17) is 0 Å². The molecule has 0 bridgehead atoms. The van der Waals surface area contributed by atoms with Crippen LogP contribution in [0.15, 0.2) is 12.1 Å². The monoisotopic (exact) mass is 235 g/mol. The molecule has 0 aliphatic rings. The first-order valence-corrected chi connectivity index (χ1v) is 5.55. The molecule has 0 aliphatic carbocycles. The first-order valence-electron chi connectivity index (χ1n) is 4.91. The topological polar surface area (TPSA) is 43.1 Å². The summed E-state index contributed by atoms with van der Waals surface area (Å²) in [5.41, 5.74) is 2.32. The molecule has 0 N–H and O–H groups in total. The fourth-order valence-electron chi connectivity index (χ4n) is 1.46. The van der Waals surface area contributed by atoms with Gasteiger partial charge in [-0.3, -0.25) is 10.1 Å². The highest BCUT2D eigenvalue weighted by molar-refractivity contribution is 7.80. The lowest BCUT2D eigenvalue weighted by atomic mass is 10.0. The zero-order chi connectivity index (χ0) is 12.1. The Kier molecular flexibility index (Phi) is 4.39. The molecule has 0 aliphatic heterocycles. The highest BCUT2D eigenvalue weighted by Crippen LogP contribution is 2.23. The summed E-state index contributed by atoms with van der Waals surface area (Å²) in [6.45, 7) is 3.68. The van der Waals surface area contributed by atoms with Gasteiger partial charge in [0.1, 0.15) is 5.56 Å². The van der Waals surface area contributed by atoms with Crippen molar-refractivity contribution >= 4 is 18.3 Å². The third-order valence-electron chi connectivity index (χ3n) is 2.11. The number of nitrogens with zero attached hydrogens (tertiary/aromatic N) is 1. The Labute approximate surface area is 100 Å². The van der Waals surface area contributed by atoms with Crippen molar-refractivity contribution in [2.24, 2.45) is 0 Å². The van der Waals surface area contributed by atoms with E-state index in [0.717, 1.165) is 11.1 Å². The van der Waals surface area contributed by atoms with Gasteiger partial charge in [-0.25, -0.2) is 0 Å². The van der Waals surface area contributed by atoms with Crippen molar-refractivity contribution in [3.63, 3.8) is 0 Å². The number of nitro groups is 1. The van der Waals surface area contributed by atoms with E-state index in [2.05, 4.69) is 24.5 Å². The number of rotatable bonds is 2. The smallest absolute Gasteiger partial charge is 0.258 e. The summed E-state index contributed by atoms with van der Waals surface area (Å²) in [4.78, 5) is 10.5. The molecule has 16 heavy (non-hydrogen) atoms. The van der Waals surface area contributed by atoms with E-state index < -0.39 is 0 Å². The standard InChI is InChI=1S/C12H13NO2S/c1-9-7-10(2)11(5-3-4-6-16)12(8-9)13(14)15/h7-8,16H,4,6H2,1-2H3. The van der Waals surface area contributed by atoms with Crippen LogP contribution >= 0.6 is 12.6 Å². The molecule has 1 aromatic carbocycles. The quantitative estimate of drug-likeness (QED) is 0.371. The van der Waals surface area contributed by atoms with Gasteiger partial charge in [0, 0.05) is 18.2 Å². The molecule has 1 aromatic rings. The van der Waals surface area contributed by atoms with Crippen LogP contribution < -0.4 is 0 Å². The van der Waals surface area contributed by atoms with Gasteiger partial charge in [-0.2, -0.15) is 12.6 Å². The van der Waals surface area contributed by atoms with Gasteiger partial charge in [0.25, 0.3) is 5.69 Å². The molecule has 0 spiro atoms. The Bertz CT molecular complexity index is 472. The summed E-state index contributed by atoms with van der Waals surface area (Å²) in [6.07, 6.45) is 0.633. The molecule has 0 heterocycles. The molecule has 84 valence electrons. The van der Waals surface area contributed by atoms with Gasteiger partial charge in [0.05, 0.1) is 4.92 Å². The summed E-state index contributed by atoms with van der Waals surface area (Å²) in [5.74, 6) is 6.38. The molecular weight excluding hydrogens is 222 g/mol. The fraction of sp³-hybridized carbons (Fsp3) is 0.333. The molecular formula is C12H13NO2S. The number of nitro benzene ring substituents is 1. The maximum atomic E-state index is 10.9. The van der Waals surface area contributed by atoms with Crippen molar-refractivity contribution in [2.45, 2.75) is 20.3 Å². The second-order valence-electron chi connectivity index (χ2n) is 3.51. The van der Waals surface area contributed by atoms with E-state index in [1.807, 2.05) is 19.9 Å². The Morgan fingerprint density at radius 3 is 2.69 bits per heavy atom. The van der Waals surface area contributed by atoms with Gasteiger partial charge in [-0.05, 0) is 25.0 Å². The van der Waals surface area contributed by atoms with Gasteiger partial charge in [0.15, 0.2) is 0 Å². The maximum Gasteiger partial charge on any atom is 0.285 e. The van der Waals surface area contributed by atoms with Crippen LogP contribution in [-0.4, -0.2) is 10.7 Å². The lowest BCUT2D eigenvalue weighted by Gasteiger charge is -2.02. The minimum absolute atomic E-state index is 0.0872. The number of benzene rings is 1. The zero-order valence-electron chi connectivity index (χ0n) is 9.28. The lowest BCUT2D eigenvalue weighted by molar-refractivity contribution is -0.385. The molecule has 0 radical (unpaired) electrons. The van der Waals surface area contributed by atoms with Crippen LogP contribution in [0, 0.1) is 35.8 Å². The molecule has 0 atom stereocenters. The Balaban J connectivity index is 3.26. The normalized spacial score (nSPS) is 9.44. The van der Waals surface area contributed by atoms with Crippen molar-refractivity contribution in [2.75, 3.05) is 5.75 Å². The summed E-state index contributed by atoms with van der Waals surface area (Å²) >= 11 is 4.04. The van der Waals surface area contributed by atoms with Crippen LogP contribution in [0.3, 0.4) is 0 Å². The van der Waals surface area contributed by atoms with E-state index in [0.29, 0.717) is 17.7 Å². The molecule has 4 heteroatoms. The first-order chi connectivity index (χ1) is 7.56. The molecule has 0 amide bonds. The number of hydrogen-bond donors (Lipinski definition) is 1. The van der Waals surface area contributed by atoms with Crippen molar-refractivity contribution < 1.29 is 4.92 Å². The van der Waals surface area contributed by atoms with Crippen LogP contribution in [0.1, 0.15) is 23.1 Å². The molecule has 0 aromatic heterocycles. The highest BCUT2D eigenvalue weighted by atomic mass is 32.1. The molecule has 0 fully saturated rings. The van der Waals surface area contributed by atoms with E-state index in [9.17, 15) is 10.1 Å². The average molecular weight is 235 g/mol. The Hall–Kier alpha value is -1.47. The van der Waals surface area contributed by atoms with Crippen LogP contribution in [0.2, 0.25) is 0 Å². The maximum absolute atomic E-state index is 10.9. The van der Waals surface area contributed by atoms with Crippen LogP contribution in [-0.2, 0) is 0 Å². The first kappa shape index (κ1) is 12.6. The average Bonchev–Trinajstić information content (AvgIpc) is 2.20. The number of hydrogen-bond acceptors (Lipinski definition) is 3. The molecule has 0 unspecified atom stereocenters. The minimum atomic E-state index is -0.384. The van der Waals surface area contributed by atoms with Crippen molar-refractivity contribution in [3.8, 4) is 11.8 Å². The van der Waals surface area contributed by atoms with Crippen molar-refractivity contribution in [1.29, 1.82) is 0 Å². The summed E-state index contributed by atoms with van der Waals surface area (Å²) in [7, 11) is 0. The van der Waals surface area contributed by atoms with Gasteiger partial charge >= 0.3 is 0 Å². The third-order valence-corrected chi connectivity index (χ3v) is 2.33. The van der Waals surface area contributed by atoms with E-state index in [1.165, 1.54) is 0 Å². The predicted molar refractivity (Wildman–Crippen MR) is 67.9 cm³/mol. The third kappa shape index (κ3) is 3.01. The van der Waals surface area contributed by atoms with Crippen LogP contribution in [0.25, 0.3) is 0 Å². The number of thiol groups is 1. The lowest BCUT2D eigenvalue weighted by Crippen LogP contribution is -1.96. The zero-order valence-corrected chi connectivity index (χ0v) is 10.2. The minimum Gasteiger partial charge on any atom is -0.258 e. The van der Waals surface area contributed by atoms with Gasteiger partial charge < -0.3 is 0 Å². The summed E-state index contributed by atoms with van der Waals surface area (Å²) in [6, 6.07) is 3.45. The molecule has 0 saturated heterocycles. The van der Waals surface area contributed by atoms with Crippen LogP contribution in [0.5, 0.6) is 0 Å². The van der Waals surface area contributed by atoms with E-state index in [1.54, 1.807) is 6.07 Å². The highest BCUT2D eigenvalue weighted by Gasteiger charge is 2.14. The number of aryl methyl sites for hydroxylation is 2. The fourth-order valence-corrected chi connectivity index (χ4v) is 1.57. The molecule has 1 rings (SSSR count). The Morgan fingerprint density at radius 1 is 1.44 bits per heavy atom. The summed E-state index contributed by atoms with van der Waals surface area (Å²) in [5, 5.41) is 10.9. The second-order valence-corrected chi connectivity index (χ2v) is 3.96. The molecule has 3 nitrogen and oxygen atoms in total. The van der Waals surface area contributed by atoms with E-state index >= 15 is 0 Å². The van der Waals surface area contributed by atoms with Crippen LogP contribution in [0.4, 0.5) is 5.69 Å². The van der Waals surface area contributed by atoms with Crippen molar-refractivity contribution in [1.82, 2.24) is 0 Å². The molecule has 0 saturated carbocycles. The van der Waals surface area contributed by atoms with Gasteiger partial charge in [-0.15, -0.1) is 0 Å². The predicted octanol–water partition coefficient (Wildman–Crippen LogP) is 2.88. The second kappa shape index (κ2) is 5.57.